The topological polar surface area (TPSA) is 50.2 Å². The van der Waals surface area contributed by atoms with E-state index in [2.05, 4.69) is 15.2 Å². The quantitative estimate of drug-likeness (QED) is 0.258. The highest BCUT2D eigenvalue weighted by molar-refractivity contribution is 6.42. The molecule has 1 amide bonds. The second-order valence-corrected chi connectivity index (χ2v) is 9.57. The molecule has 1 N–H and O–H groups in total. The molecule has 0 radical (unpaired) electrons. The van der Waals surface area contributed by atoms with Crippen LogP contribution in [0.25, 0.3) is 17.0 Å². The van der Waals surface area contributed by atoms with Gasteiger partial charge < -0.3 is 5.32 Å². The van der Waals surface area contributed by atoms with Gasteiger partial charge in [0.05, 0.1) is 15.6 Å². The van der Waals surface area contributed by atoms with Crippen LogP contribution in [-0.4, -0.2) is 33.6 Å². The Morgan fingerprint density at radius 2 is 1.84 bits per heavy atom. The fourth-order valence-corrected chi connectivity index (χ4v) is 4.88. The largest absolute Gasteiger partial charge is 0.333 e. The zero-order chi connectivity index (χ0) is 26.1. The van der Waals surface area contributed by atoms with Gasteiger partial charge in [-0.05, 0) is 53.1 Å². The maximum absolute atomic E-state index is 13.5. The second-order valence-electron chi connectivity index (χ2n) is 8.75. The van der Waals surface area contributed by atoms with Crippen LogP contribution < -0.4 is 5.32 Å². The number of carbonyl (C=O) groups is 1. The molecule has 5 nitrogen and oxygen atoms in total. The third-order valence-electron chi connectivity index (χ3n) is 6.32. The SMILES string of the molecule is Cl.O=C(NCc1ccnc(F)c1)n1c2c(c3cc(Cl)c(Cl)cc31)CN(C/C=C/c1ccc(F)c(F)c1)CC2. The van der Waals surface area contributed by atoms with Crippen molar-refractivity contribution in [3.63, 3.8) is 0 Å². The summed E-state index contributed by atoms with van der Waals surface area (Å²) in [6.45, 7) is 1.94. The number of fused-ring (bicyclic) bond motifs is 3. The lowest BCUT2D eigenvalue weighted by molar-refractivity contribution is 0.240. The summed E-state index contributed by atoms with van der Waals surface area (Å²) < 4.78 is 41.7. The summed E-state index contributed by atoms with van der Waals surface area (Å²) in [6.07, 6.45) is 5.57. The molecule has 0 saturated heterocycles. The third-order valence-corrected chi connectivity index (χ3v) is 7.05. The van der Waals surface area contributed by atoms with Crippen molar-refractivity contribution in [2.45, 2.75) is 19.5 Å². The summed E-state index contributed by atoms with van der Waals surface area (Å²) in [4.78, 5) is 19.0. The molecule has 198 valence electrons. The number of nitrogens with one attached hydrogen (secondary N) is 1. The van der Waals surface area contributed by atoms with E-state index in [1.165, 1.54) is 18.3 Å². The van der Waals surface area contributed by atoms with E-state index in [-0.39, 0.29) is 25.0 Å². The average molecular weight is 582 g/mol. The molecule has 0 saturated carbocycles. The molecule has 0 aliphatic carbocycles. The molecule has 0 atom stereocenters. The first-order valence-corrected chi connectivity index (χ1v) is 12.3. The van der Waals surface area contributed by atoms with Crippen LogP contribution in [0.5, 0.6) is 0 Å². The highest BCUT2D eigenvalue weighted by Gasteiger charge is 2.27. The van der Waals surface area contributed by atoms with Gasteiger partial charge in [-0.25, -0.2) is 18.6 Å². The Bertz CT molecular complexity index is 1540. The Kier molecular flexibility index (Phi) is 8.67. The van der Waals surface area contributed by atoms with Crippen molar-refractivity contribution in [2.24, 2.45) is 0 Å². The number of halogens is 6. The van der Waals surface area contributed by atoms with Crippen LogP contribution in [0.2, 0.25) is 10.0 Å². The van der Waals surface area contributed by atoms with E-state index in [9.17, 15) is 18.0 Å². The first-order chi connectivity index (χ1) is 17.8. The summed E-state index contributed by atoms with van der Waals surface area (Å²) in [5.74, 6) is -2.39. The number of hydrogen-bond acceptors (Lipinski definition) is 3. The highest BCUT2D eigenvalue weighted by Crippen LogP contribution is 2.36. The summed E-state index contributed by atoms with van der Waals surface area (Å²) in [6, 6.07) is 9.76. The van der Waals surface area contributed by atoms with Crippen molar-refractivity contribution in [1.82, 2.24) is 19.8 Å². The number of rotatable bonds is 5. The van der Waals surface area contributed by atoms with Gasteiger partial charge in [0.25, 0.3) is 0 Å². The van der Waals surface area contributed by atoms with Crippen molar-refractivity contribution < 1.29 is 18.0 Å². The van der Waals surface area contributed by atoms with Gasteiger partial charge in [-0.3, -0.25) is 9.47 Å². The van der Waals surface area contributed by atoms with Gasteiger partial charge in [0, 0.05) is 49.9 Å². The molecule has 11 heteroatoms. The van der Waals surface area contributed by atoms with Gasteiger partial charge in [-0.2, -0.15) is 4.39 Å². The van der Waals surface area contributed by atoms with Crippen LogP contribution in [0.4, 0.5) is 18.0 Å². The maximum Gasteiger partial charge on any atom is 0.326 e. The predicted molar refractivity (Wildman–Crippen MR) is 145 cm³/mol. The Morgan fingerprint density at radius 3 is 2.61 bits per heavy atom. The summed E-state index contributed by atoms with van der Waals surface area (Å²) in [5, 5.41) is 4.39. The predicted octanol–water partition coefficient (Wildman–Crippen LogP) is 7.01. The Labute approximate surface area is 233 Å². The van der Waals surface area contributed by atoms with Crippen LogP contribution >= 0.6 is 35.6 Å². The highest BCUT2D eigenvalue weighted by atomic mass is 35.5. The smallest absolute Gasteiger partial charge is 0.326 e. The van der Waals surface area contributed by atoms with E-state index in [0.717, 1.165) is 28.8 Å². The number of carbonyl (C=O) groups excluding carboxylic acids is 1. The first kappa shape index (κ1) is 28.0. The number of aromatic nitrogens is 2. The van der Waals surface area contributed by atoms with Crippen LogP contribution in [-0.2, 0) is 19.5 Å². The lowest BCUT2D eigenvalue weighted by Crippen LogP contribution is -2.34. The average Bonchev–Trinajstić information content (AvgIpc) is 3.17. The molecule has 38 heavy (non-hydrogen) atoms. The molecular weight excluding hydrogens is 560 g/mol. The van der Waals surface area contributed by atoms with E-state index in [1.54, 1.807) is 28.8 Å². The number of benzene rings is 2. The Balaban J connectivity index is 0.00000336. The Morgan fingerprint density at radius 1 is 1.05 bits per heavy atom. The van der Waals surface area contributed by atoms with Gasteiger partial charge in [0.2, 0.25) is 5.95 Å². The molecule has 2 aromatic carbocycles. The summed E-state index contributed by atoms with van der Waals surface area (Å²) in [7, 11) is 0. The van der Waals surface area contributed by atoms with Gasteiger partial charge in [-0.15, -0.1) is 12.4 Å². The zero-order valence-corrected chi connectivity index (χ0v) is 22.2. The summed E-state index contributed by atoms with van der Waals surface area (Å²) in [5.41, 5.74) is 3.61. The Hall–Kier alpha value is -3.04. The number of pyridine rings is 1. The molecule has 0 fully saturated rings. The molecule has 0 unspecified atom stereocenters. The van der Waals surface area contributed by atoms with Gasteiger partial charge in [0.15, 0.2) is 11.6 Å². The van der Waals surface area contributed by atoms with E-state index >= 15 is 0 Å². The fourth-order valence-electron chi connectivity index (χ4n) is 4.56. The molecule has 1 aliphatic heterocycles. The van der Waals surface area contributed by atoms with Crippen LogP contribution in [0, 0.1) is 17.6 Å². The van der Waals surface area contributed by atoms with Crippen molar-refractivity contribution in [2.75, 3.05) is 13.1 Å². The van der Waals surface area contributed by atoms with Crippen molar-refractivity contribution in [1.29, 1.82) is 0 Å². The molecule has 0 spiro atoms. The molecular formula is C27H22Cl3F3N4O. The summed E-state index contributed by atoms with van der Waals surface area (Å²) >= 11 is 12.6. The van der Waals surface area contributed by atoms with E-state index in [0.29, 0.717) is 52.7 Å². The van der Waals surface area contributed by atoms with Gasteiger partial charge >= 0.3 is 6.03 Å². The number of hydrogen-bond donors (Lipinski definition) is 1. The van der Waals surface area contributed by atoms with Crippen LogP contribution in [0.1, 0.15) is 22.4 Å². The minimum atomic E-state index is -0.888. The molecule has 0 bridgehead atoms. The fraction of sp³-hybridized carbons (Fsp3) is 0.185. The van der Waals surface area contributed by atoms with Crippen molar-refractivity contribution >= 4 is 58.6 Å². The molecule has 1 aliphatic rings. The zero-order valence-electron chi connectivity index (χ0n) is 19.9. The monoisotopic (exact) mass is 580 g/mol. The van der Waals surface area contributed by atoms with Crippen LogP contribution in [0.3, 0.4) is 0 Å². The van der Waals surface area contributed by atoms with E-state index in [4.69, 9.17) is 23.2 Å². The van der Waals surface area contributed by atoms with Crippen LogP contribution in [0.15, 0.2) is 54.7 Å². The maximum atomic E-state index is 13.5. The first-order valence-electron chi connectivity index (χ1n) is 11.5. The third kappa shape index (κ3) is 5.83. The van der Waals surface area contributed by atoms with E-state index < -0.39 is 17.6 Å². The second kappa shape index (κ2) is 11.8. The molecule has 4 aromatic rings. The molecule has 5 rings (SSSR count). The normalized spacial score (nSPS) is 13.5. The van der Waals surface area contributed by atoms with Gasteiger partial charge in [-0.1, -0.05) is 41.4 Å². The van der Waals surface area contributed by atoms with Gasteiger partial charge in [0.1, 0.15) is 0 Å². The minimum Gasteiger partial charge on any atom is -0.333 e. The number of amides is 1. The van der Waals surface area contributed by atoms with E-state index in [1.807, 2.05) is 6.08 Å². The van der Waals surface area contributed by atoms with Crippen molar-refractivity contribution in [3.05, 3.63) is 105 Å². The van der Waals surface area contributed by atoms with Crippen molar-refractivity contribution in [3.8, 4) is 0 Å². The molecule has 3 heterocycles. The standard InChI is InChI=1S/C27H21Cl2F3N4O.ClH/c28-20-12-18-19-15-35(8-1-2-16-3-4-22(30)23(31)10-16)9-6-24(19)36(25(18)13-21(20)29)27(37)34-14-17-5-7-33-26(32)11-17;/h1-5,7,10-13H,6,8-9,14-15H2,(H,34,37);1H/b2-1+;. The molecule has 2 aromatic heterocycles. The minimum absolute atomic E-state index is 0. The number of nitrogens with zero attached hydrogens (tertiary/aromatic N) is 3. The lowest BCUT2D eigenvalue weighted by Gasteiger charge is -2.27. The lowest BCUT2D eigenvalue weighted by atomic mass is 10.0.